The quantitative estimate of drug-likeness (QED) is 0.152. The number of aryl methyl sites for hydroxylation is 1. The molecule has 0 saturated heterocycles. The van der Waals surface area contributed by atoms with E-state index in [0.29, 0.717) is 24.8 Å². The number of hydrogen-bond acceptors (Lipinski definition) is 6. The van der Waals surface area contributed by atoms with Gasteiger partial charge in [-0.2, -0.15) is 0 Å². The zero-order valence-corrected chi connectivity index (χ0v) is 39.2. The zero-order chi connectivity index (χ0) is 43.9. The predicted octanol–water partition coefficient (Wildman–Crippen LogP) is 12.0. The van der Waals surface area contributed by atoms with E-state index in [0.717, 1.165) is 93.7 Å². The van der Waals surface area contributed by atoms with Crippen LogP contribution in [0.15, 0.2) is 47.7 Å². The molecular formula is C52H81NO6. The van der Waals surface area contributed by atoms with Crippen LogP contribution in [0.1, 0.15) is 177 Å². The first-order valence-corrected chi connectivity index (χ1v) is 23.2. The van der Waals surface area contributed by atoms with Gasteiger partial charge in [-0.1, -0.05) is 125 Å². The Morgan fingerprint density at radius 1 is 0.966 bits per heavy atom. The van der Waals surface area contributed by atoms with E-state index in [2.05, 4.69) is 93.2 Å². The number of ketones is 1. The van der Waals surface area contributed by atoms with Gasteiger partial charge in [-0.3, -0.25) is 14.4 Å². The molecule has 330 valence electrons. The molecule has 3 saturated carbocycles. The number of ether oxygens (including phenoxy) is 1. The summed E-state index contributed by atoms with van der Waals surface area (Å²) in [7, 11) is 0. The highest BCUT2D eigenvalue weighted by molar-refractivity contribution is 6.01. The number of carbonyl (C=O) groups excluding carboxylic acids is 3. The highest BCUT2D eigenvalue weighted by atomic mass is 16.5. The molecule has 0 aliphatic heterocycles. The van der Waals surface area contributed by atoms with Gasteiger partial charge in [0.25, 0.3) is 0 Å². The van der Waals surface area contributed by atoms with Crippen molar-refractivity contribution in [2.45, 2.75) is 192 Å². The van der Waals surface area contributed by atoms with Crippen molar-refractivity contribution in [3.63, 3.8) is 0 Å². The van der Waals surface area contributed by atoms with Gasteiger partial charge in [0.2, 0.25) is 5.91 Å². The van der Waals surface area contributed by atoms with Crippen LogP contribution in [0.25, 0.3) is 0 Å². The minimum absolute atomic E-state index is 0.000390. The van der Waals surface area contributed by atoms with Crippen LogP contribution in [0.2, 0.25) is 0 Å². The number of aliphatic hydroxyl groups excluding tert-OH is 2. The summed E-state index contributed by atoms with van der Waals surface area (Å²) in [5.74, 6) is 0.694. The molecule has 0 bridgehead atoms. The maximum atomic E-state index is 14.5. The molecule has 59 heavy (non-hydrogen) atoms. The number of Topliss-reactive ketones (excluding diaryl/α,β-unsaturated/α-hetero) is 1. The molecule has 0 radical (unpaired) electrons. The number of rotatable bonds is 13. The average Bonchev–Trinajstić information content (AvgIpc) is 3.45. The minimum atomic E-state index is -0.871. The summed E-state index contributed by atoms with van der Waals surface area (Å²) in [6, 6.07) is 8.26. The Bertz CT molecular complexity index is 1760. The third-order valence-corrected chi connectivity index (χ3v) is 16.9. The second-order valence-electron chi connectivity index (χ2n) is 22.3. The van der Waals surface area contributed by atoms with Crippen LogP contribution >= 0.6 is 0 Å². The molecule has 1 amide bonds. The molecule has 7 unspecified atom stereocenters. The summed E-state index contributed by atoms with van der Waals surface area (Å²) < 4.78 is 6.33. The van der Waals surface area contributed by atoms with Crippen LogP contribution in [0, 0.1) is 57.2 Å². The Kier molecular flexibility index (Phi) is 13.9. The number of esters is 1. The van der Waals surface area contributed by atoms with E-state index < -0.39 is 16.9 Å². The molecule has 0 heterocycles. The first-order chi connectivity index (χ1) is 27.4. The SMILES string of the molecule is C=C(O)C(C)(C)CC(=O)OC1CCC2(C)C3CCC(C)(CCCC)C4=C(C(C)C)C(=O)CC4([C@H](O)CN(Cc4ccc(C)cc4)C(C)=O)CCCC3(C)CCC2C1(C)C. The van der Waals surface area contributed by atoms with Crippen LogP contribution in [-0.4, -0.2) is 51.5 Å². The molecule has 2 N–H and O–H groups in total. The molecule has 5 rings (SSSR count). The summed E-state index contributed by atoms with van der Waals surface area (Å²) in [4.78, 5) is 43.0. The van der Waals surface area contributed by atoms with Crippen LogP contribution in [0.3, 0.4) is 0 Å². The standard InChI is InChI=1S/C52H81NO6/c1-14-15-24-50(12)28-22-41-49(11,27-21-40-48(9,10)43(23-29-51(40,41)13)59-44(58)31-47(7,8)36(5)54)25-16-26-52(30-39(56)45(34(2)3)46(50)52)42(57)33-53(37(6)55)32-38-19-17-35(4)18-20-38/h17-20,34,40-43,54,57H,5,14-16,21-33H2,1-4,6-13H3/t40?,41?,42-,43?,49?,50?,51?,52?/m1/s1. The molecule has 1 aromatic rings. The van der Waals surface area contributed by atoms with E-state index >= 15 is 0 Å². The molecule has 7 heteroatoms. The molecule has 8 atom stereocenters. The van der Waals surface area contributed by atoms with Crippen molar-refractivity contribution in [3.8, 4) is 0 Å². The van der Waals surface area contributed by atoms with Gasteiger partial charge in [-0.05, 0) is 115 Å². The number of fused-ring (bicyclic) bond motifs is 4. The lowest BCUT2D eigenvalue weighted by atomic mass is 9.41. The highest BCUT2D eigenvalue weighted by Crippen LogP contribution is 2.69. The number of carbonyl (C=O) groups is 3. The molecule has 0 aromatic heterocycles. The van der Waals surface area contributed by atoms with Crippen molar-refractivity contribution in [2.75, 3.05) is 6.54 Å². The largest absolute Gasteiger partial charge is 0.512 e. The number of allylic oxidation sites excluding steroid dienone is 2. The van der Waals surface area contributed by atoms with E-state index in [-0.39, 0.29) is 70.1 Å². The lowest BCUT2D eigenvalue weighted by Crippen LogP contribution is -2.59. The van der Waals surface area contributed by atoms with Crippen molar-refractivity contribution in [3.05, 3.63) is 58.9 Å². The molecule has 0 spiro atoms. The molecular weight excluding hydrogens is 735 g/mol. The van der Waals surface area contributed by atoms with Crippen molar-refractivity contribution in [1.29, 1.82) is 0 Å². The topological polar surface area (TPSA) is 104 Å². The molecule has 3 fully saturated rings. The minimum Gasteiger partial charge on any atom is -0.512 e. The second-order valence-corrected chi connectivity index (χ2v) is 22.3. The third-order valence-electron chi connectivity index (χ3n) is 16.9. The van der Waals surface area contributed by atoms with Crippen molar-refractivity contribution >= 4 is 17.7 Å². The number of nitrogens with zero attached hydrogens (tertiary/aromatic N) is 1. The fraction of sp³-hybridized carbons (Fsp3) is 0.750. The normalized spacial score (nSPS) is 32.8. The fourth-order valence-electron chi connectivity index (χ4n) is 13.4. The Morgan fingerprint density at radius 2 is 1.61 bits per heavy atom. The van der Waals surface area contributed by atoms with Gasteiger partial charge in [0, 0.05) is 42.7 Å². The van der Waals surface area contributed by atoms with Crippen LogP contribution in [0.5, 0.6) is 0 Å². The lowest BCUT2D eigenvalue weighted by molar-refractivity contribution is -0.197. The number of amides is 1. The Balaban J connectivity index is 1.52. The summed E-state index contributed by atoms with van der Waals surface area (Å²) in [6.07, 6.45) is 11.0. The van der Waals surface area contributed by atoms with E-state index in [1.165, 1.54) is 5.57 Å². The number of hydrogen-bond donors (Lipinski definition) is 2. The van der Waals surface area contributed by atoms with Gasteiger partial charge in [-0.25, -0.2) is 0 Å². The highest BCUT2D eigenvalue weighted by Gasteiger charge is 2.63. The Hall–Kier alpha value is -2.93. The fourth-order valence-corrected chi connectivity index (χ4v) is 13.4. The van der Waals surface area contributed by atoms with E-state index in [4.69, 9.17) is 4.74 Å². The maximum Gasteiger partial charge on any atom is 0.307 e. The van der Waals surface area contributed by atoms with E-state index in [9.17, 15) is 24.6 Å². The smallest absolute Gasteiger partial charge is 0.307 e. The first kappa shape index (κ1) is 47.1. The van der Waals surface area contributed by atoms with Gasteiger partial charge < -0.3 is 19.8 Å². The zero-order valence-electron chi connectivity index (χ0n) is 39.2. The van der Waals surface area contributed by atoms with Crippen LogP contribution in [-0.2, 0) is 25.7 Å². The summed E-state index contributed by atoms with van der Waals surface area (Å²) in [5, 5.41) is 23.0. The molecule has 4 aliphatic rings. The lowest BCUT2D eigenvalue weighted by Gasteiger charge is -2.65. The summed E-state index contributed by atoms with van der Waals surface area (Å²) in [6.45, 7) is 30.3. The number of aliphatic hydroxyl groups is 2. The number of unbranched alkanes of at least 4 members (excludes halogenated alkanes) is 1. The van der Waals surface area contributed by atoms with E-state index in [1.54, 1.807) is 11.8 Å². The van der Waals surface area contributed by atoms with Crippen molar-refractivity contribution < 1.29 is 29.3 Å². The third kappa shape index (κ3) is 9.17. The number of benzene rings is 1. The van der Waals surface area contributed by atoms with Gasteiger partial charge >= 0.3 is 5.97 Å². The first-order valence-electron chi connectivity index (χ1n) is 23.2. The van der Waals surface area contributed by atoms with E-state index in [1.807, 2.05) is 13.8 Å². The van der Waals surface area contributed by atoms with Crippen LogP contribution in [0.4, 0.5) is 0 Å². The predicted molar refractivity (Wildman–Crippen MR) is 238 cm³/mol. The summed E-state index contributed by atoms with van der Waals surface area (Å²) >= 11 is 0. The maximum absolute atomic E-state index is 14.5. The monoisotopic (exact) mass is 816 g/mol. The molecule has 7 nitrogen and oxygen atoms in total. The summed E-state index contributed by atoms with van der Waals surface area (Å²) in [5.41, 5.74) is 2.46. The van der Waals surface area contributed by atoms with Crippen LogP contribution < -0.4 is 0 Å². The Labute approximate surface area is 358 Å². The van der Waals surface area contributed by atoms with Gasteiger partial charge in [-0.15, -0.1) is 0 Å². The van der Waals surface area contributed by atoms with Gasteiger partial charge in [0.05, 0.1) is 18.3 Å². The van der Waals surface area contributed by atoms with Crippen molar-refractivity contribution in [1.82, 2.24) is 4.90 Å². The molecule has 4 aliphatic carbocycles. The molecule has 1 aromatic carbocycles. The average molecular weight is 816 g/mol. The van der Waals surface area contributed by atoms with Crippen molar-refractivity contribution in [2.24, 2.45) is 50.2 Å². The van der Waals surface area contributed by atoms with Gasteiger partial charge in [0.1, 0.15) is 6.10 Å². The Morgan fingerprint density at radius 3 is 2.20 bits per heavy atom. The van der Waals surface area contributed by atoms with Gasteiger partial charge in [0.15, 0.2) is 5.78 Å². The second kappa shape index (κ2) is 17.4.